The molecule has 2 atom stereocenters. The number of nitrogens with one attached hydrogen (secondary N) is 1. The second kappa shape index (κ2) is 9.01. The van der Waals surface area contributed by atoms with Gasteiger partial charge in [0.25, 0.3) is 0 Å². The number of rotatable bonds is 7. The predicted octanol–water partition coefficient (Wildman–Crippen LogP) is 3.21. The molecule has 0 bridgehead atoms. The number of hydrogen-bond donors (Lipinski definition) is 1. The predicted molar refractivity (Wildman–Crippen MR) is 116 cm³/mol. The average Bonchev–Trinajstić information content (AvgIpc) is 3.28. The van der Waals surface area contributed by atoms with Crippen LogP contribution in [-0.2, 0) is 23.0 Å². The van der Waals surface area contributed by atoms with Crippen LogP contribution in [0.5, 0.6) is 0 Å². The van der Waals surface area contributed by atoms with Crippen LogP contribution in [0.25, 0.3) is 0 Å². The van der Waals surface area contributed by atoms with E-state index in [0.717, 1.165) is 62.7 Å². The van der Waals surface area contributed by atoms with Crippen molar-refractivity contribution >= 4 is 15.8 Å². The summed E-state index contributed by atoms with van der Waals surface area (Å²) in [5.74, 6) is 2.91. The van der Waals surface area contributed by atoms with Gasteiger partial charge in [-0.2, -0.15) is 0 Å². The quantitative estimate of drug-likeness (QED) is 0.722. The van der Waals surface area contributed by atoms with Gasteiger partial charge in [0.05, 0.1) is 6.04 Å². The van der Waals surface area contributed by atoms with E-state index in [1.807, 2.05) is 19.9 Å². The summed E-state index contributed by atoms with van der Waals surface area (Å²) >= 11 is 0. The van der Waals surface area contributed by atoms with E-state index in [0.29, 0.717) is 0 Å². The van der Waals surface area contributed by atoms with E-state index in [9.17, 15) is 8.42 Å². The molecule has 0 aromatic carbocycles. The Morgan fingerprint density at radius 1 is 1.17 bits per heavy atom. The molecule has 0 aliphatic carbocycles. The maximum atomic E-state index is 12.6. The minimum absolute atomic E-state index is 0.0918. The first-order valence-electron chi connectivity index (χ1n) is 11.2. The minimum atomic E-state index is -3.55. The molecule has 1 fully saturated rings. The Morgan fingerprint density at radius 2 is 2.03 bits per heavy atom. The Labute approximate surface area is 179 Å². The number of nitrogens with zero attached hydrogens (tertiary/aromatic N) is 5. The van der Waals surface area contributed by atoms with Crippen molar-refractivity contribution in [3.8, 4) is 0 Å². The van der Waals surface area contributed by atoms with Crippen molar-refractivity contribution in [2.24, 2.45) is 0 Å². The number of hydrogen-bond acceptors (Lipinski definition) is 6. The van der Waals surface area contributed by atoms with Crippen molar-refractivity contribution in [1.82, 2.24) is 24.5 Å². The Kier molecular flexibility index (Phi) is 6.38. The second-order valence-corrected chi connectivity index (χ2v) is 10.2. The first-order chi connectivity index (χ1) is 14.5. The molecule has 30 heavy (non-hydrogen) atoms. The van der Waals surface area contributed by atoms with Crippen molar-refractivity contribution in [3.63, 3.8) is 0 Å². The summed E-state index contributed by atoms with van der Waals surface area (Å²) in [5, 5.41) is 9.00. The average molecular weight is 433 g/mol. The number of pyridine rings is 1. The van der Waals surface area contributed by atoms with E-state index < -0.39 is 10.0 Å². The molecular formula is C21H32N6O2S. The third-order valence-corrected chi connectivity index (χ3v) is 7.67. The fourth-order valence-electron chi connectivity index (χ4n) is 4.59. The van der Waals surface area contributed by atoms with Crippen molar-refractivity contribution in [3.05, 3.63) is 30.0 Å². The van der Waals surface area contributed by atoms with Crippen LogP contribution in [0.3, 0.4) is 0 Å². The lowest BCUT2D eigenvalue weighted by molar-refractivity contribution is 0.543. The van der Waals surface area contributed by atoms with Gasteiger partial charge in [0.1, 0.15) is 16.5 Å². The van der Waals surface area contributed by atoms with Gasteiger partial charge in [0.2, 0.25) is 10.0 Å². The summed E-state index contributed by atoms with van der Waals surface area (Å²) in [7, 11) is -3.55. The summed E-state index contributed by atoms with van der Waals surface area (Å²) in [6.45, 7) is 5.80. The molecule has 1 N–H and O–H groups in total. The van der Waals surface area contributed by atoms with Crippen molar-refractivity contribution in [1.29, 1.82) is 0 Å². The molecule has 4 heterocycles. The third kappa shape index (κ3) is 4.37. The molecule has 164 valence electrons. The van der Waals surface area contributed by atoms with E-state index in [1.54, 1.807) is 6.07 Å². The molecule has 4 rings (SSSR count). The lowest BCUT2D eigenvalue weighted by Crippen LogP contribution is -2.32. The van der Waals surface area contributed by atoms with Gasteiger partial charge in [-0.05, 0) is 51.2 Å². The first kappa shape index (κ1) is 21.2. The standard InChI is InChI=1S/C21H32N6O2S/c1-3-8-16(2)25-30(28,29)17-11-12-19(22-15-17)26-14-7-9-18(26)21-24-23-20-10-5-4-6-13-27(20)21/h11-12,15-16,18,25H,3-10,13-14H2,1-2H3. The van der Waals surface area contributed by atoms with Gasteiger partial charge in [0.15, 0.2) is 5.82 Å². The molecule has 2 aromatic rings. The van der Waals surface area contributed by atoms with Gasteiger partial charge >= 0.3 is 0 Å². The van der Waals surface area contributed by atoms with Crippen LogP contribution in [0, 0.1) is 0 Å². The van der Waals surface area contributed by atoms with Gasteiger partial charge in [-0.1, -0.05) is 19.8 Å². The van der Waals surface area contributed by atoms with Gasteiger partial charge in [-0.15, -0.1) is 10.2 Å². The van der Waals surface area contributed by atoms with E-state index in [-0.39, 0.29) is 17.0 Å². The zero-order valence-corrected chi connectivity index (χ0v) is 18.7. The third-order valence-electron chi connectivity index (χ3n) is 6.09. The topological polar surface area (TPSA) is 93.0 Å². The largest absolute Gasteiger partial charge is 0.346 e. The van der Waals surface area contributed by atoms with Gasteiger partial charge in [-0.3, -0.25) is 0 Å². The molecule has 2 aliphatic heterocycles. The van der Waals surface area contributed by atoms with Crippen molar-refractivity contribution in [2.45, 2.75) is 88.7 Å². The lowest BCUT2D eigenvalue weighted by Gasteiger charge is -2.25. The maximum absolute atomic E-state index is 12.6. The smallest absolute Gasteiger partial charge is 0.242 e. The van der Waals surface area contributed by atoms with E-state index in [1.165, 1.54) is 25.5 Å². The molecule has 8 nitrogen and oxygen atoms in total. The Morgan fingerprint density at radius 3 is 2.80 bits per heavy atom. The maximum Gasteiger partial charge on any atom is 0.242 e. The Balaban J connectivity index is 1.53. The van der Waals surface area contributed by atoms with Crippen LogP contribution in [0.15, 0.2) is 23.2 Å². The van der Waals surface area contributed by atoms with Gasteiger partial charge in [0, 0.05) is 31.7 Å². The number of aryl methyl sites for hydroxylation is 1. The minimum Gasteiger partial charge on any atom is -0.346 e. The second-order valence-electron chi connectivity index (χ2n) is 8.45. The van der Waals surface area contributed by atoms with Crippen molar-refractivity contribution < 1.29 is 8.42 Å². The number of fused-ring (bicyclic) bond motifs is 1. The van der Waals surface area contributed by atoms with Crippen LogP contribution >= 0.6 is 0 Å². The highest BCUT2D eigenvalue weighted by molar-refractivity contribution is 7.89. The molecule has 0 spiro atoms. The normalized spacial score (nSPS) is 20.7. The molecule has 2 unspecified atom stereocenters. The van der Waals surface area contributed by atoms with Crippen LogP contribution < -0.4 is 9.62 Å². The molecule has 2 aromatic heterocycles. The Hall–Kier alpha value is -2.00. The zero-order valence-electron chi connectivity index (χ0n) is 17.9. The summed E-state index contributed by atoms with van der Waals surface area (Å²) < 4.78 is 30.2. The van der Waals surface area contributed by atoms with Crippen molar-refractivity contribution in [2.75, 3.05) is 11.4 Å². The fourth-order valence-corrected chi connectivity index (χ4v) is 5.81. The van der Waals surface area contributed by atoms with Crippen LogP contribution in [0.4, 0.5) is 5.82 Å². The Bertz CT molecular complexity index is 956. The molecule has 1 saturated heterocycles. The van der Waals surface area contributed by atoms with E-state index in [4.69, 9.17) is 0 Å². The highest BCUT2D eigenvalue weighted by Crippen LogP contribution is 2.35. The molecule has 9 heteroatoms. The summed E-state index contributed by atoms with van der Waals surface area (Å²) in [5.41, 5.74) is 0. The van der Waals surface area contributed by atoms with Crippen LogP contribution in [0.2, 0.25) is 0 Å². The number of anilines is 1. The highest BCUT2D eigenvalue weighted by atomic mass is 32.2. The number of sulfonamides is 1. The van der Waals surface area contributed by atoms with E-state index in [2.05, 4.69) is 29.4 Å². The molecule has 0 amide bonds. The highest BCUT2D eigenvalue weighted by Gasteiger charge is 2.32. The molecule has 0 saturated carbocycles. The molecule has 0 radical (unpaired) electrons. The number of aromatic nitrogens is 4. The summed E-state index contributed by atoms with van der Waals surface area (Å²) in [4.78, 5) is 6.97. The lowest BCUT2D eigenvalue weighted by atomic mass is 10.2. The van der Waals surface area contributed by atoms with Crippen LogP contribution in [0.1, 0.15) is 76.5 Å². The molecule has 2 aliphatic rings. The SMILES string of the molecule is CCCC(C)NS(=O)(=O)c1ccc(N2CCCC2c2nnc3n2CCCCC3)nc1. The monoisotopic (exact) mass is 432 g/mol. The fraction of sp³-hybridized carbons (Fsp3) is 0.667. The van der Waals surface area contributed by atoms with E-state index >= 15 is 0 Å². The zero-order chi connectivity index (χ0) is 21.1. The molecular weight excluding hydrogens is 400 g/mol. The van der Waals surface area contributed by atoms with Crippen LogP contribution in [-0.4, -0.2) is 40.8 Å². The first-order valence-corrected chi connectivity index (χ1v) is 12.6. The van der Waals surface area contributed by atoms with Gasteiger partial charge in [-0.25, -0.2) is 18.1 Å². The summed E-state index contributed by atoms with van der Waals surface area (Å²) in [6, 6.07) is 3.52. The van der Waals surface area contributed by atoms with Gasteiger partial charge < -0.3 is 9.47 Å². The summed E-state index contributed by atoms with van der Waals surface area (Å²) in [6.07, 6.45) is 9.85.